The van der Waals surface area contributed by atoms with Gasteiger partial charge in [-0.3, -0.25) is 4.79 Å². The van der Waals surface area contributed by atoms with Crippen molar-refractivity contribution in [2.75, 3.05) is 5.75 Å². The molecule has 8 heteroatoms. The van der Waals surface area contributed by atoms with Gasteiger partial charge in [0.25, 0.3) is 0 Å². The highest BCUT2D eigenvalue weighted by Crippen LogP contribution is 2.33. The lowest BCUT2D eigenvalue weighted by Gasteiger charge is -2.08. The molecular weight excluding hydrogens is 321 g/mol. The van der Waals surface area contributed by atoms with Crippen molar-refractivity contribution in [3.63, 3.8) is 0 Å². The smallest absolute Gasteiger partial charge is 0.313 e. The minimum Gasteiger partial charge on any atom is -0.481 e. The summed E-state index contributed by atoms with van der Waals surface area (Å²) in [6, 6.07) is 5.28. The molecule has 0 saturated heterocycles. The Morgan fingerprint density at radius 3 is 2.80 bits per heavy atom. The number of hydrogen-bond donors (Lipinski definition) is 1. The van der Waals surface area contributed by atoms with Crippen LogP contribution in [0.4, 0.5) is 0 Å². The summed E-state index contributed by atoms with van der Waals surface area (Å²) in [5, 5.41) is 18.2. The van der Waals surface area contributed by atoms with Crippen LogP contribution in [-0.4, -0.2) is 31.6 Å². The van der Waals surface area contributed by atoms with E-state index in [-0.39, 0.29) is 5.75 Å². The molecule has 1 heterocycles. The molecule has 0 aliphatic carbocycles. The monoisotopic (exact) mass is 331 g/mol. The molecule has 1 N–H and O–H groups in total. The number of aromatic nitrogens is 3. The second kappa shape index (κ2) is 6.47. The average molecular weight is 332 g/mol. The van der Waals surface area contributed by atoms with Gasteiger partial charge in [-0.2, -0.15) is 0 Å². The van der Waals surface area contributed by atoms with Gasteiger partial charge in [0.2, 0.25) is 0 Å². The molecule has 2 rings (SSSR count). The number of carbonyl (C=O) groups is 1. The van der Waals surface area contributed by atoms with Crippen molar-refractivity contribution in [1.82, 2.24) is 14.8 Å². The van der Waals surface area contributed by atoms with E-state index < -0.39 is 5.97 Å². The molecule has 1 aromatic heterocycles. The number of rotatable bonds is 5. The number of halogens is 2. The van der Waals surface area contributed by atoms with Crippen LogP contribution in [0.2, 0.25) is 10.0 Å². The molecular formula is C12H11Cl2N3O2S. The highest BCUT2D eigenvalue weighted by atomic mass is 35.5. The predicted molar refractivity (Wildman–Crippen MR) is 79.5 cm³/mol. The normalized spacial score (nSPS) is 10.8. The molecule has 0 amide bonds. The third kappa shape index (κ3) is 3.08. The second-order valence-electron chi connectivity index (χ2n) is 3.83. The Kier molecular flexibility index (Phi) is 4.91. The first-order valence-corrected chi connectivity index (χ1v) is 7.51. The Bertz CT molecular complexity index is 646. The molecule has 0 radical (unpaired) electrons. The van der Waals surface area contributed by atoms with Crippen LogP contribution in [0.1, 0.15) is 6.92 Å². The lowest BCUT2D eigenvalue weighted by molar-refractivity contribution is -0.133. The summed E-state index contributed by atoms with van der Waals surface area (Å²) in [7, 11) is 0. The van der Waals surface area contributed by atoms with E-state index in [2.05, 4.69) is 10.2 Å². The number of nitrogens with zero attached hydrogens (tertiary/aromatic N) is 3. The predicted octanol–water partition coefficient (Wildman–Crippen LogP) is 3.45. The highest BCUT2D eigenvalue weighted by molar-refractivity contribution is 7.99. The minimum absolute atomic E-state index is 0.0680. The summed E-state index contributed by atoms with van der Waals surface area (Å²) in [6.45, 7) is 2.53. The Hall–Kier alpha value is -1.24. The SMILES string of the molecule is CCn1c(SCC(=O)O)nnc1-c1cccc(Cl)c1Cl. The van der Waals surface area contributed by atoms with Gasteiger partial charge in [0.15, 0.2) is 11.0 Å². The number of carboxylic acids is 1. The fourth-order valence-electron chi connectivity index (χ4n) is 1.68. The van der Waals surface area contributed by atoms with Crippen LogP contribution in [0.3, 0.4) is 0 Å². The number of benzene rings is 1. The van der Waals surface area contributed by atoms with Gasteiger partial charge in [0.05, 0.1) is 15.8 Å². The van der Waals surface area contributed by atoms with E-state index in [1.165, 1.54) is 0 Å². The van der Waals surface area contributed by atoms with Crippen molar-refractivity contribution in [2.45, 2.75) is 18.6 Å². The Balaban J connectivity index is 2.42. The standard InChI is InChI=1S/C12H11Cl2N3O2S/c1-2-17-11(7-4-3-5-8(13)10(7)14)15-16-12(17)20-6-9(18)19/h3-5H,2,6H2,1H3,(H,18,19). The molecule has 5 nitrogen and oxygen atoms in total. The second-order valence-corrected chi connectivity index (χ2v) is 5.56. The molecule has 20 heavy (non-hydrogen) atoms. The summed E-state index contributed by atoms with van der Waals surface area (Å²) < 4.78 is 1.81. The largest absolute Gasteiger partial charge is 0.481 e. The third-order valence-corrected chi connectivity index (χ3v) is 4.32. The van der Waals surface area contributed by atoms with Crippen molar-refractivity contribution in [2.24, 2.45) is 0 Å². The van der Waals surface area contributed by atoms with Crippen molar-refractivity contribution < 1.29 is 9.90 Å². The molecule has 106 valence electrons. The van der Waals surface area contributed by atoms with Gasteiger partial charge < -0.3 is 9.67 Å². The summed E-state index contributed by atoms with van der Waals surface area (Å²) in [4.78, 5) is 10.6. The van der Waals surface area contributed by atoms with Gasteiger partial charge in [-0.25, -0.2) is 0 Å². The molecule has 1 aromatic carbocycles. The molecule has 2 aromatic rings. The van der Waals surface area contributed by atoms with E-state index in [9.17, 15) is 4.79 Å². The number of carboxylic acid groups (broad SMARTS) is 1. The van der Waals surface area contributed by atoms with Crippen LogP contribution in [0.15, 0.2) is 23.4 Å². The van der Waals surface area contributed by atoms with Gasteiger partial charge in [-0.05, 0) is 19.1 Å². The Labute approximate surface area is 129 Å². The van der Waals surface area contributed by atoms with E-state index in [4.69, 9.17) is 28.3 Å². The maximum atomic E-state index is 10.6. The third-order valence-electron chi connectivity index (χ3n) is 2.55. The zero-order valence-corrected chi connectivity index (χ0v) is 12.8. The maximum absolute atomic E-state index is 10.6. The van der Waals surface area contributed by atoms with Gasteiger partial charge >= 0.3 is 5.97 Å². The topological polar surface area (TPSA) is 68.0 Å². The van der Waals surface area contributed by atoms with Gasteiger partial charge in [0.1, 0.15) is 0 Å². The maximum Gasteiger partial charge on any atom is 0.313 e. The Morgan fingerprint density at radius 1 is 1.40 bits per heavy atom. The fraction of sp³-hybridized carbons (Fsp3) is 0.250. The van der Waals surface area contributed by atoms with Crippen LogP contribution < -0.4 is 0 Å². The first-order chi connectivity index (χ1) is 9.54. The van der Waals surface area contributed by atoms with Gasteiger partial charge in [0, 0.05) is 12.1 Å². The summed E-state index contributed by atoms with van der Waals surface area (Å²) >= 11 is 13.3. The number of aliphatic carboxylic acids is 1. The lowest BCUT2D eigenvalue weighted by atomic mass is 10.2. The van der Waals surface area contributed by atoms with E-state index in [1.54, 1.807) is 18.2 Å². The molecule has 0 unspecified atom stereocenters. The molecule has 0 atom stereocenters. The average Bonchev–Trinajstić information content (AvgIpc) is 2.82. The molecule has 0 bridgehead atoms. The molecule has 0 saturated carbocycles. The van der Waals surface area contributed by atoms with Crippen LogP contribution in [0.5, 0.6) is 0 Å². The van der Waals surface area contributed by atoms with Crippen LogP contribution >= 0.6 is 35.0 Å². The van der Waals surface area contributed by atoms with Crippen LogP contribution in [-0.2, 0) is 11.3 Å². The summed E-state index contributed by atoms with van der Waals surface area (Å²) in [6.07, 6.45) is 0. The van der Waals surface area contributed by atoms with Gasteiger partial charge in [-0.1, -0.05) is 41.0 Å². The van der Waals surface area contributed by atoms with E-state index >= 15 is 0 Å². The zero-order chi connectivity index (χ0) is 14.7. The van der Waals surface area contributed by atoms with Crippen LogP contribution in [0.25, 0.3) is 11.4 Å². The van der Waals surface area contributed by atoms with Gasteiger partial charge in [-0.15, -0.1) is 10.2 Å². The molecule has 0 spiro atoms. The van der Waals surface area contributed by atoms with E-state index in [1.807, 2.05) is 11.5 Å². The fourth-order valence-corrected chi connectivity index (χ4v) is 2.79. The molecule has 0 aliphatic rings. The number of hydrogen-bond acceptors (Lipinski definition) is 4. The van der Waals surface area contributed by atoms with Crippen molar-refractivity contribution in [3.05, 3.63) is 28.2 Å². The molecule has 0 fully saturated rings. The minimum atomic E-state index is -0.900. The lowest BCUT2D eigenvalue weighted by Crippen LogP contribution is -2.03. The Morgan fingerprint density at radius 2 is 2.15 bits per heavy atom. The summed E-state index contributed by atoms with van der Waals surface area (Å²) in [5.74, 6) is -0.391. The van der Waals surface area contributed by atoms with Crippen molar-refractivity contribution in [1.29, 1.82) is 0 Å². The quantitative estimate of drug-likeness (QED) is 0.850. The van der Waals surface area contributed by atoms with E-state index in [0.29, 0.717) is 33.1 Å². The van der Waals surface area contributed by atoms with Crippen molar-refractivity contribution in [3.8, 4) is 11.4 Å². The zero-order valence-electron chi connectivity index (χ0n) is 10.5. The first-order valence-electron chi connectivity index (χ1n) is 5.76. The first kappa shape index (κ1) is 15.2. The molecule has 0 aliphatic heterocycles. The van der Waals surface area contributed by atoms with Crippen LogP contribution in [0, 0.1) is 0 Å². The van der Waals surface area contributed by atoms with Crippen molar-refractivity contribution >= 4 is 40.9 Å². The summed E-state index contributed by atoms with van der Waals surface area (Å²) in [5.41, 5.74) is 0.677. The van der Waals surface area contributed by atoms with E-state index in [0.717, 1.165) is 11.8 Å². The highest BCUT2D eigenvalue weighted by Gasteiger charge is 2.17. The number of thioether (sulfide) groups is 1.